The molecular formula is C24H12B3Br3. The Hall–Kier alpha value is -1.49. The van der Waals surface area contributed by atoms with Gasteiger partial charge in [0.2, 0.25) is 0 Å². The molecule has 0 spiro atoms. The summed E-state index contributed by atoms with van der Waals surface area (Å²) in [7, 11) is 13.8. The van der Waals surface area contributed by atoms with Crippen molar-refractivity contribution in [3.05, 3.63) is 81.7 Å². The van der Waals surface area contributed by atoms with Crippen LogP contribution in [-0.2, 0) is 0 Å². The Labute approximate surface area is 204 Å². The van der Waals surface area contributed by atoms with Crippen LogP contribution in [0, 0.1) is 0 Å². The van der Waals surface area contributed by atoms with Crippen molar-refractivity contribution in [1.82, 2.24) is 0 Å². The molecule has 0 saturated carbocycles. The zero-order valence-corrected chi connectivity index (χ0v) is 20.6. The predicted molar refractivity (Wildman–Crippen MR) is 143 cm³/mol. The van der Waals surface area contributed by atoms with Crippen LogP contribution >= 0.6 is 47.6 Å². The van der Waals surface area contributed by atoms with Crippen LogP contribution in [0.1, 0.15) is 0 Å². The maximum absolute atomic E-state index is 6.91. The molecule has 4 radical (unpaired) electrons. The summed E-state index contributed by atoms with van der Waals surface area (Å²) in [6, 6.07) is 24.6. The van der Waals surface area contributed by atoms with Gasteiger partial charge in [0, 0.05) is 8.95 Å². The first-order chi connectivity index (χ1) is 14.5. The van der Waals surface area contributed by atoms with Gasteiger partial charge in [0.25, 0.3) is 5.54 Å². The molecule has 0 saturated heterocycles. The molecule has 0 N–H and O–H groups in total. The minimum atomic E-state index is 0.0173. The third kappa shape index (κ3) is 3.03. The van der Waals surface area contributed by atoms with E-state index in [0.717, 1.165) is 47.8 Å². The van der Waals surface area contributed by atoms with Crippen LogP contribution in [0.15, 0.2) is 81.7 Å². The van der Waals surface area contributed by atoms with E-state index >= 15 is 0 Å². The highest BCUT2D eigenvalue weighted by Gasteiger charge is 2.36. The lowest BCUT2D eigenvalue weighted by molar-refractivity contribution is 1.60. The summed E-state index contributed by atoms with van der Waals surface area (Å²) >= 11 is 11.4. The SMILES string of the molecule is [B]c1c(-c2ccccc2Br)c([B])c2c(c1-c1ccccc1Br)B(Br)c1ccccc1-2. The van der Waals surface area contributed by atoms with Gasteiger partial charge in [-0.2, -0.15) is 0 Å². The number of rotatable bonds is 2. The first-order valence-corrected chi connectivity index (χ1v) is 12.0. The van der Waals surface area contributed by atoms with Crippen molar-refractivity contribution in [2.45, 2.75) is 0 Å². The van der Waals surface area contributed by atoms with E-state index in [1.54, 1.807) is 0 Å². The third-order valence-corrected chi connectivity index (χ3v) is 7.99. The Kier molecular flexibility index (Phi) is 5.37. The average Bonchev–Trinajstić information content (AvgIpc) is 3.04. The standard InChI is InChI=1S/C24H12B3Br3/c25-22-19(14-8-2-5-11-17(14)28)23(26)21(15-9-3-6-12-18(15)29)24-20(22)13-7-1-4-10-16(13)27(24)30/h1-12H. The topological polar surface area (TPSA) is 0 Å². The molecular weight excluding hydrogens is 560 g/mol. The molecule has 1 aliphatic rings. The second-order valence-corrected chi connectivity index (χ2v) is 9.90. The maximum atomic E-state index is 6.91. The number of benzene rings is 4. The largest absolute Gasteiger partial charge is 0.289 e. The minimum absolute atomic E-state index is 0.0173. The molecule has 0 unspecified atom stereocenters. The van der Waals surface area contributed by atoms with E-state index in [-0.39, 0.29) is 5.54 Å². The Morgan fingerprint density at radius 2 is 1.00 bits per heavy atom. The van der Waals surface area contributed by atoms with Gasteiger partial charge >= 0.3 is 0 Å². The van der Waals surface area contributed by atoms with Crippen LogP contribution in [0.4, 0.5) is 0 Å². The number of hydrogen-bond acceptors (Lipinski definition) is 0. The highest BCUT2D eigenvalue weighted by molar-refractivity contribution is 9.25. The molecule has 4 aromatic rings. The number of fused-ring (bicyclic) bond motifs is 3. The van der Waals surface area contributed by atoms with E-state index < -0.39 is 0 Å². The summed E-state index contributed by atoms with van der Waals surface area (Å²) < 4.78 is 1.96. The van der Waals surface area contributed by atoms with Crippen LogP contribution in [0.25, 0.3) is 33.4 Å². The van der Waals surface area contributed by atoms with Gasteiger partial charge in [0.1, 0.15) is 15.7 Å². The Morgan fingerprint density at radius 1 is 0.567 bits per heavy atom. The van der Waals surface area contributed by atoms with Crippen molar-refractivity contribution in [3.63, 3.8) is 0 Å². The zero-order chi connectivity index (χ0) is 21.0. The third-order valence-electron chi connectivity index (χ3n) is 5.66. The van der Waals surface area contributed by atoms with Crippen LogP contribution in [-0.4, -0.2) is 21.2 Å². The van der Waals surface area contributed by atoms with Gasteiger partial charge in [-0.1, -0.05) is 109 Å². The van der Waals surface area contributed by atoms with Crippen molar-refractivity contribution in [1.29, 1.82) is 0 Å². The molecule has 138 valence electrons. The molecule has 0 atom stereocenters. The molecule has 0 aliphatic carbocycles. The fraction of sp³-hybridized carbons (Fsp3) is 0. The second kappa shape index (κ2) is 7.89. The number of halogens is 3. The van der Waals surface area contributed by atoms with E-state index in [1.807, 2.05) is 36.4 Å². The lowest BCUT2D eigenvalue weighted by atomic mass is 9.60. The molecule has 0 aromatic heterocycles. The highest BCUT2D eigenvalue weighted by Crippen LogP contribution is 2.36. The van der Waals surface area contributed by atoms with E-state index in [4.69, 9.17) is 15.7 Å². The molecule has 0 fully saturated rings. The Bertz CT molecular complexity index is 1300. The Balaban J connectivity index is 1.97. The van der Waals surface area contributed by atoms with Crippen molar-refractivity contribution >= 4 is 90.7 Å². The summed E-state index contributed by atoms with van der Waals surface area (Å²) in [4.78, 5) is 0. The molecule has 0 bridgehead atoms. The quantitative estimate of drug-likeness (QED) is 0.308. The molecule has 30 heavy (non-hydrogen) atoms. The van der Waals surface area contributed by atoms with E-state index in [0.29, 0.717) is 10.9 Å². The van der Waals surface area contributed by atoms with E-state index in [9.17, 15) is 0 Å². The predicted octanol–water partition coefficient (Wildman–Crippen LogP) is 4.61. The fourth-order valence-corrected chi connectivity index (χ4v) is 6.19. The molecule has 1 heterocycles. The fourth-order valence-electron chi connectivity index (χ4n) is 4.36. The molecule has 1 aliphatic heterocycles. The molecule has 5 rings (SSSR count). The number of hydrogen-bond donors (Lipinski definition) is 0. The zero-order valence-electron chi connectivity index (χ0n) is 15.8. The summed E-state index contributed by atoms with van der Waals surface area (Å²) in [5.41, 5.74) is 9.84. The van der Waals surface area contributed by atoms with E-state index in [2.05, 4.69) is 84.0 Å². The van der Waals surface area contributed by atoms with Gasteiger partial charge in [0.15, 0.2) is 0 Å². The van der Waals surface area contributed by atoms with Gasteiger partial charge in [-0.05, 0) is 51.0 Å². The van der Waals surface area contributed by atoms with Gasteiger partial charge in [-0.25, -0.2) is 0 Å². The lowest BCUT2D eigenvalue weighted by Gasteiger charge is -2.24. The van der Waals surface area contributed by atoms with Crippen molar-refractivity contribution in [2.75, 3.05) is 0 Å². The molecule has 4 aromatic carbocycles. The smallest absolute Gasteiger partial charge is 0.143 e. The molecule has 6 heteroatoms. The summed E-state index contributed by atoms with van der Waals surface area (Å²) in [5.74, 6) is 0. The van der Waals surface area contributed by atoms with Crippen LogP contribution < -0.4 is 21.9 Å². The second-order valence-electron chi connectivity index (χ2n) is 7.28. The summed E-state index contributed by atoms with van der Waals surface area (Å²) in [6.45, 7) is 0. The highest BCUT2D eigenvalue weighted by atomic mass is 79.9. The van der Waals surface area contributed by atoms with Crippen LogP contribution in [0.3, 0.4) is 0 Å². The normalized spacial score (nSPS) is 12.0. The van der Waals surface area contributed by atoms with Gasteiger partial charge in [-0.15, -0.1) is 15.8 Å². The first kappa shape index (κ1) is 20.4. The van der Waals surface area contributed by atoms with E-state index in [1.165, 1.54) is 5.46 Å². The van der Waals surface area contributed by atoms with Gasteiger partial charge < -0.3 is 0 Å². The van der Waals surface area contributed by atoms with Gasteiger partial charge in [-0.3, -0.25) is 0 Å². The van der Waals surface area contributed by atoms with Crippen molar-refractivity contribution in [3.8, 4) is 33.4 Å². The van der Waals surface area contributed by atoms with Gasteiger partial charge in [0.05, 0.1) is 0 Å². The van der Waals surface area contributed by atoms with Crippen LogP contribution in [0.5, 0.6) is 0 Å². The maximum Gasteiger partial charge on any atom is 0.289 e. The minimum Gasteiger partial charge on any atom is -0.143 e. The Morgan fingerprint density at radius 3 is 1.57 bits per heavy atom. The average molecular weight is 573 g/mol. The molecule has 0 nitrogen and oxygen atoms in total. The summed E-state index contributed by atoms with van der Waals surface area (Å²) in [5, 5.41) is 0. The monoisotopic (exact) mass is 570 g/mol. The van der Waals surface area contributed by atoms with Crippen molar-refractivity contribution in [2.24, 2.45) is 0 Å². The van der Waals surface area contributed by atoms with Crippen LogP contribution in [0.2, 0.25) is 0 Å². The lowest BCUT2D eigenvalue weighted by Crippen LogP contribution is -2.39. The first-order valence-electron chi connectivity index (χ1n) is 9.48. The van der Waals surface area contributed by atoms with Crippen molar-refractivity contribution < 1.29 is 0 Å². The summed E-state index contributed by atoms with van der Waals surface area (Å²) in [6.07, 6.45) is 0. The molecule has 0 amide bonds.